The SMILES string of the molecule is COc1ccc(CN2CCC3(CCNCC3)CC2)c(O)c1. The van der Waals surface area contributed by atoms with Gasteiger partial charge in [-0.25, -0.2) is 0 Å². The van der Waals surface area contributed by atoms with Crippen LogP contribution in [0.4, 0.5) is 0 Å². The summed E-state index contributed by atoms with van der Waals surface area (Å²) in [6.45, 7) is 5.49. The van der Waals surface area contributed by atoms with Crippen molar-refractivity contribution in [3.63, 3.8) is 0 Å². The topological polar surface area (TPSA) is 44.7 Å². The Morgan fingerprint density at radius 2 is 1.90 bits per heavy atom. The summed E-state index contributed by atoms with van der Waals surface area (Å²) in [6.07, 6.45) is 5.25. The van der Waals surface area contributed by atoms with Crippen LogP contribution in [0.2, 0.25) is 0 Å². The zero-order valence-electron chi connectivity index (χ0n) is 12.9. The average Bonchev–Trinajstić information content (AvgIpc) is 2.52. The Morgan fingerprint density at radius 3 is 2.52 bits per heavy atom. The summed E-state index contributed by atoms with van der Waals surface area (Å²) >= 11 is 0. The van der Waals surface area contributed by atoms with E-state index >= 15 is 0 Å². The molecule has 1 aromatic rings. The van der Waals surface area contributed by atoms with Crippen molar-refractivity contribution >= 4 is 0 Å². The standard InChI is InChI=1S/C17H26N2O2/c1-21-15-3-2-14(16(20)12-15)13-19-10-6-17(7-11-19)4-8-18-9-5-17/h2-3,12,18,20H,4-11,13H2,1H3. The summed E-state index contributed by atoms with van der Waals surface area (Å²) in [6, 6.07) is 5.60. The van der Waals surface area contributed by atoms with E-state index in [1.807, 2.05) is 12.1 Å². The number of hydrogen-bond donors (Lipinski definition) is 2. The van der Waals surface area contributed by atoms with E-state index in [0.29, 0.717) is 16.9 Å². The highest BCUT2D eigenvalue weighted by molar-refractivity contribution is 5.39. The molecule has 2 aliphatic heterocycles. The van der Waals surface area contributed by atoms with Gasteiger partial charge in [0.1, 0.15) is 11.5 Å². The maximum atomic E-state index is 10.1. The molecule has 0 bridgehead atoms. The lowest BCUT2D eigenvalue weighted by Crippen LogP contribution is -2.45. The predicted molar refractivity (Wildman–Crippen MR) is 83.7 cm³/mol. The number of phenols is 1. The number of nitrogens with one attached hydrogen (secondary N) is 1. The number of piperidine rings is 2. The first-order chi connectivity index (χ1) is 10.2. The second kappa shape index (κ2) is 6.24. The van der Waals surface area contributed by atoms with Crippen LogP contribution in [0.25, 0.3) is 0 Å². The zero-order valence-corrected chi connectivity index (χ0v) is 12.9. The number of nitrogens with zero attached hydrogens (tertiary/aromatic N) is 1. The van der Waals surface area contributed by atoms with E-state index in [4.69, 9.17) is 4.74 Å². The lowest BCUT2D eigenvalue weighted by atomic mass is 9.71. The third-order valence-electron chi connectivity index (χ3n) is 5.27. The Balaban J connectivity index is 1.57. The molecule has 0 radical (unpaired) electrons. The van der Waals surface area contributed by atoms with Crippen LogP contribution in [0.5, 0.6) is 11.5 Å². The van der Waals surface area contributed by atoms with Crippen LogP contribution < -0.4 is 10.1 Å². The zero-order chi connectivity index (χ0) is 14.7. The summed E-state index contributed by atoms with van der Waals surface area (Å²) in [7, 11) is 1.62. The molecule has 0 aliphatic carbocycles. The van der Waals surface area contributed by atoms with Crippen molar-refractivity contribution in [3.05, 3.63) is 23.8 Å². The Bertz CT molecular complexity index is 474. The van der Waals surface area contributed by atoms with Crippen molar-refractivity contribution in [2.24, 2.45) is 5.41 Å². The molecule has 2 N–H and O–H groups in total. The van der Waals surface area contributed by atoms with Gasteiger partial charge in [0.2, 0.25) is 0 Å². The van der Waals surface area contributed by atoms with Gasteiger partial charge < -0.3 is 15.2 Å². The van der Waals surface area contributed by atoms with Gasteiger partial charge in [-0.3, -0.25) is 4.90 Å². The Labute approximate surface area is 127 Å². The molecule has 2 heterocycles. The van der Waals surface area contributed by atoms with Crippen LogP contribution in [0.3, 0.4) is 0 Å². The maximum Gasteiger partial charge on any atom is 0.123 e. The first-order valence-corrected chi connectivity index (χ1v) is 8.00. The van der Waals surface area contributed by atoms with Gasteiger partial charge in [-0.05, 0) is 63.3 Å². The van der Waals surface area contributed by atoms with E-state index in [0.717, 1.165) is 25.2 Å². The highest BCUT2D eigenvalue weighted by Gasteiger charge is 2.35. The lowest BCUT2D eigenvalue weighted by molar-refractivity contribution is 0.0697. The number of likely N-dealkylation sites (tertiary alicyclic amines) is 1. The fourth-order valence-corrected chi connectivity index (χ4v) is 3.69. The van der Waals surface area contributed by atoms with Crippen molar-refractivity contribution < 1.29 is 9.84 Å². The highest BCUT2D eigenvalue weighted by atomic mass is 16.5. The fourth-order valence-electron chi connectivity index (χ4n) is 3.69. The number of rotatable bonds is 3. The molecule has 3 rings (SSSR count). The third kappa shape index (κ3) is 3.33. The molecule has 0 unspecified atom stereocenters. The number of methoxy groups -OCH3 is 1. The van der Waals surface area contributed by atoms with Gasteiger partial charge in [-0.15, -0.1) is 0 Å². The van der Waals surface area contributed by atoms with Gasteiger partial charge in [-0.2, -0.15) is 0 Å². The van der Waals surface area contributed by atoms with Crippen molar-refractivity contribution in [1.82, 2.24) is 10.2 Å². The summed E-state index contributed by atoms with van der Waals surface area (Å²) < 4.78 is 5.14. The number of ether oxygens (including phenoxy) is 1. The van der Waals surface area contributed by atoms with Gasteiger partial charge in [0.15, 0.2) is 0 Å². The summed E-state index contributed by atoms with van der Waals surface area (Å²) in [5, 5.41) is 13.5. The Kier molecular flexibility index (Phi) is 4.36. The van der Waals surface area contributed by atoms with E-state index in [-0.39, 0.29) is 0 Å². The Hall–Kier alpha value is -1.26. The van der Waals surface area contributed by atoms with E-state index in [9.17, 15) is 5.11 Å². The van der Waals surface area contributed by atoms with Crippen molar-refractivity contribution in [2.45, 2.75) is 32.2 Å². The monoisotopic (exact) mass is 290 g/mol. The molecule has 0 aromatic heterocycles. The van der Waals surface area contributed by atoms with Crippen LogP contribution in [-0.4, -0.2) is 43.3 Å². The van der Waals surface area contributed by atoms with Gasteiger partial charge >= 0.3 is 0 Å². The maximum absolute atomic E-state index is 10.1. The molecule has 2 aliphatic rings. The van der Waals surface area contributed by atoms with E-state index in [1.54, 1.807) is 13.2 Å². The fraction of sp³-hybridized carbons (Fsp3) is 0.647. The summed E-state index contributed by atoms with van der Waals surface area (Å²) in [5.41, 5.74) is 1.58. The first-order valence-electron chi connectivity index (χ1n) is 8.00. The van der Waals surface area contributed by atoms with Crippen LogP contribution in [0, 0.1) is 5.41 Å². The molecule has 1 spiro atoms. The lowest BCUT2D eigenvalue weighted by Gasteiger charge is -2.44. The molecule has 0 atom stereocenters. The normalized spacial score (nSPS) is 22.3. The average molecular weight is 290 g/mol. The molecular formula is C17H26N2O2. The minimum Gasteiger partial charge on any atom is -0.507 e. The van der Waals surface area contributed by atoms with Gasteiger partial charge in [0.05, 0.1) is 7.11 Å². The molecule has 2 saturated heterocycles. The minimum atomic E-state index is 0.344. The van der Waals surface area contributed by atoms with Crippen LogP contribution in [0.15, 0.2) is 18.2 Å². The van der Waals surface area contributed by atoms with E-state index in [1.165, 1.54) is 38.8 Å². The number of phenolic OH excluding ortho intramolecular Hbond substituents is 1. The number of hydrogen-bond acceptors (Lipinski definition) is 4. The molecule has 4 nitrogen and oxygen atoms in total. The largest absolute Gasteiger partial charge is 0.507 e. The summed E-state index contributed by atoms with van der Waals surface area (Å²) in [4.78, 5) is 2.47. The summed E-state index contributed by atoms with van der Waals surface area (Å²) in [5.74, 6) is 1.06. The molecule has 0 amide bonds. The number of benzene rings is 1. The van der Waals surface area contributed by atoms with Crippen molar-refractivity contribution in [3.8, 4) is 11.5 Å². The smallest absolute Gasteiger partial charge is 0.123 e. The van der Waals surface area contributed by atoms with Crippen molar-refractivity contribution in [1.29, 1.82) is 0 Å². The predicted octanol–water partition coefficient (Wildman–Crippen LogP) is 2.37. The van der Waals surface area contributed by atoms with E-state index in [2.05, 4.69) is 10.2 Å². The molecule has 0 saturated carbocycles. The first kappa shape index (κ1) is 14.7. The molecule has 1 aromatic carbocycles. The molecule has 2 fully saturated rings. The molecular weight excluding hydrogens is 264 g/mol. The highest BCUT2D eigenvalue weighted by Crippen LogP contribution is 2.40. The third-order valence-corrected chi connectivity index (χ3v) is 5.27. The van der Waals surface area contributed by atoms with Crippen LogP contribution in [-0.2, 0) is 6.54 Å². The second-order valence-corrected chi connectivity index (χ2v) is 6.52. The van der Waals surface area contributed by atoms with Crippen LogP contribution >= 0.6 is 0 Å². The van der Waals surface area contributed by atoms with Gasteiger partial charge in [0, 0.05) is 18.2 Å². The number of aromatic hydroxyl groups is 1. The molecule has 116 valence electrons. The minimum absolute atomic E-state index is 0.344. The van der Waals surface area contributed by atoms with Crippen molar-refractivity contribution in [2.75, 3.05) is 33.3 Å². The second-order valence-electron chi connectivity index (χ2n) is 6.52. The quantitative estimate of drug-likeness (QED) is 0.897. The Morgan fingerprint density at radius 1 is 1.19 bits per heavy atom. The van der Waals surface area contributed by atoms with Crippen LogP contribution in [0.1, 0.15) is 31.2 Å². The molecule has 21 heavy (non-hydrogen) atoms. The van der Waals surface area contributed by atoms with Gasteiger partial charge in [0.25, 0.3) is 0 Å². The van der Waals surface area contributed by atoms with E-state index < -0.39 is 0 Å². The van der Waals surface area contributed by atoms with Gasteiger partial charge in [-0.1, -0.05) is 6.07 Å². The molecule has 4 heteroatoms.